The zero-order valence-electron chi connectivity index (χ0n) is 16.8. The second-order valence-electron chi connectivity index (χ2n) is 7.93. The van der Waals surface area contributed by atoms with Gasteiger partial charge in [0.25, 0.3) is 0 Å². The smallest absolute Gasteiger partial charge is 0.634 e. The Bertz CT molecular complexity index is 408. The van der Waals surface area contributed by atoms with Crippen LogP contribution in [0.15, 0.2) is 0 Å². The first-order valence-electron chi connectivity index (χ1n) is 8.47. The van der Waals surface area contributed by atoms with Gasteiger partial charge in [0.2, 0.25) is 0 Å². The summed E-state index contributed by atoms with van der Waals surface area (Å²) < 4.78 is 35.7. The van der Waals surface area contributed by atoms with Gasteiger partial charge in [-0.25, -0.2) is 0 Å². The molecule has 17 heteroatoms. The number of nitrogens with zero attached hydrogens (tertiary/aromatic N) is 2. The van der Waals surface area contributed by atoms with Crippen molar-refractivity contribution >= 4 is 36.6 Å². The summed E-state index contributed by atoms with van der Waals surface area (Å²) in [7, 11) is 5.70. The Morgan fingerprint density at radius 1 is 0.815 bits per heavy atom. The van der Waals surface area contributed by atoms with Crippen LogP contribution in [0.5, 0.6) is 0 Å². The quantitative estimate of drug-likeness (QED) is 0.311. The summed E-state index contributed by atoms with van der Waals surface area (Å²) in [6.45, 7) is 2.35. The second-order valence-corrected chi connectivity index (χ2v) is 7.93. The molecule has 0 aromatic carbocycles. The fourth-order valence-corrected chi connectivity index (χ4v) is 1.64. The summed E-state index contributed by atoms with van der Waals surface area (Å²) >= 11 is 0. The van der Waals surface area contributed by atoms with Crippen LogP contribution in [0.2, 0.25) is 0 Å². The largest absolute Gasteiger partial charge is 0.833 e. The molecule has 0 radical (unpaired) electrons. The Balaban J connectivity index is 0.000000314. The average Bonchev–Trinajstić information content (AvgIpc) is 2.43. The van der Waals surface area contributed by atoms with E-state index in [1.807, 2.05) is 42.3 Å². The van der Waals surface area contributed by atoms with Crippen molar-refractivity contribution in [2.45, 2.75) is 0 Å². The van der Waals surface area contributed by atoms with Crippen LogP contribution in [0, 0.1) is 0 Å². The van der Waals surface area contributed by atoms with Gasteiger partial charge >= 0.3 is 36.6 Å². The maximum atomic E-state index is 10.9. The highest BCUT2D eigenvalue weighted by Gasteiger charge is 2.50. The topological polar surface area (TPSA) is 128 Å². The highest BCUT2D eigenvalue weighted by Crippen LogP contribution is 2.15. The minimum absolute atomic E-state index is 0.362. The van der Waals surface area contributed by atoms with Crippen LogP contribution in [-0.4, -0.2) is 124 Å². The number of fused-ring (bicyclic) bond motifs is 2. The number of rotatable bonds is 8. The van der Waals surface area contributed by atoms with E-state index in [9.17, 15) is 5.02 Å². The van der Waals surface area contributed by atoms with E-state index in [2.05, 4.69) is 13.8 Å². The predicted molar refractivity (Wildman–Crippen MR) is 96.3 cm³/mol. The molecule has 0 aromatic rings. The van der Waals surface area contributed by atoms with Crippen molar-refractivity contribution in [2.75, 3.05) is 68.6 Å². The van der Waals surface area contributed by atoms with Crippen molar-refractivity contribution in [1.29, 1.82) is 0 Å². The molecule has 152 valence electrons. The van der Waals surface area contributed by atoms with Gasteiger partial charge in [-0.15, -0.1) is 0 Å². The molecule has 0 aliphatic carbocycles. The predicted octanol–water partition coefficient (Wildman–Crippen LogP) is -4.20. The van der Waals surface area contributed by atoms with Gasteiger partial charge in [0.1, 0.15) is 13.1 Å². The monoisotopic (exact) mass is 391 g/mol. The minimum Gasteiger partial charge on any atom is -0.833 e. The number of quaternary nitrogens is 2. The number of hydrogen-bond donors (Lipinski definition) is 2. The molecule has 2 aliphatic heterocycles. The van der Waals surface area contributed by atoms with Crippen molar-refractivity contribution in [3.8, 4) is 0 Å². The molecular formula is C10H28B5N2O10+. The van der Waals surface area contributed by atoms with Gasteiger partial charge in [0.15, 0.2) is 0 Å². The highest BCUT2D eigenvalue weighted by molar-refractivity contribution is 6.74. The molecule has 0 unspecified atom stereocenters. The third-order valence-electron chi connectivity index (χ3n) is 3.16. The first-order valence-corrected chi connectivity index (χ1v) is 8.47. The molecular weight excluding hydrogens is 362 g/mol. The fraction of sp³-hybridized carbons (Fsp3) is 1.00. The summed E-state index contributed by atoms with van der Waals surface area (Å²) in [6, 6.07) is 0. The van der Waals surface area contributed by atoms with Crippen molar-refractivity contribution in [2.24, 2.45) is 0 Å². The van der Waals surface area contributed by atoms with Gasteiger partial charge in [-0.1, -0.05) is 0 Å². The summed E-state index contributed by atoms with van der Waals surface area (Å²) in [6.07, 6.45) is 0. The molecule has 27 heavy (non-hydrogen) atoms. The SMILES string of the molecule is C[N+](C)(C)CCOB(O)O.C[N+](C)(C)CCOB1OB2OB([O-])OB(O1)O2. The van der Waals surface area contributed by atoms with Crippen LogP contribution in [0.25, 0.3) is 0 Å². The molecule has 2 fully saturated rings. The molecule has 2 aliphatic rings. The van der Waals surface area contributed by atoms with Crippen LogP contribution < -0.4 is 5.02 Å². The first kappa shape index (κ1) is 24.9. The van der Waals surface area contributed by atoms with Crippen molar-refractivity contribution in [1.82, 2.24) is 0 Å². The van der Waals surface area contributed by atoms with E-state index in [1.54, 1.807) is 0 Å². The van der Waals surface area contributed by atoms with Crippen molar-refractivity contribution in [3.05, 3.63) is 0 Å². The zero-order chi connectivity index (χ0) is 20.7. The Kier molecular flexibility index (Phi) is 10.3. The lowest BCUT2D eigenvalue weighted by molar-refractivity contribution is -0.870. The van der Waals surface area contributed by atoms with Crippen LogP contribution >= 0.6 is 0 Å². The molecule has 0 amide bonds. The Hall–Kier alpha value is -0.155. The Morgan fingerprint density at radius 3 is 1.74 bits per heavy atom. The van der Waals surface area contributed by atoms with E-state index in [0.29, 0.717) is 13.2 Å². The third-order valence-corrected chi connectivity index (χ3v) is 3.16. The lowest BCUT2D eigenvalue weighted by atomic mass is 9.90. The van der Waals surface area contributed by atoms with Gasteiger partial charge in [-0.2, -0.15) is 0 Å². The molecule has 2 heterocycles. The van der Waals surface area contributed by atoms with Gasteiger partial charge in [-0.3, -0.25) is 0 Å². The lowest BCUT2D eigenvalue weighted by Gasteiger charge is -2.37. The van der Waals surface area contributed by atoms with Gasteiger partial charge < -0.3 is 56.2 Å². The molecule has 2 rings (SSSR count). The highest BCUT2D eigenvalue weighted by atomic mass is 16.9. The molecule has 0 spiro atoms. The minimum atomic E-state index is -1.66. The summed E-state index contributed by atoms with van der Waals surface area (Å²) in [5.41, 5.74) is 0. The van der Waals surface area contributed by atoms with E-state index < -0.39 is 36.6 Å². The lowest BCUT2D eigenvalue weighted by Crippen LogP contribution is -2.63. The molecule has 0 aromatic heterocycles. The fourth-order valence-electron chi connectivity index (χ4n) is 1.64. The van der Waals surface area contributed by atoms with Crippen LogP contribution in [0.3, 0.4) is 0 Å². The zero-order valence-corrected chi connectivity index (χ0v) is 16.8. The maximum Gasteiger partial charge on any atom is 0.634 e. The van der Waals surface area contributed by atoms with Crippen molar-refractivity contribution < 1.29 is 56.2 Å². The van der Waals surface area contributed by atoms with E-state index >= 15 is 0 Å². The molecule has 0 atom stereocenters. The summed E-state index contributed by atoms with van der Waals surface area (Å²) in [5.74, 6) is 0. The van der Waals surface area contributed by atoms with Gasteiger partial charge in [-0.05, 0) is 0 Å². The third kappa shape index (κ3) is 12.8. The first-order chi connectivity index (χ1) is 12.3. The maximum absolute atomic E-state index is 10.9. The Morgan fingerprint density at radius 2 is 1.30 bits per heavy atom. The summed E-state index contributed by atoms with van der Waals surface area (Å²) in [4.78, 5) is 0. The normalized spacial score (nSPS) is 17.7. The number of hydrogen-bond acceptors (Lipinski definition) is 10. The van der Waals surface area contributed by atoms with Crippen molar-refractivity contribution in [3.63, 3.8) is 0 Å². The standard InChI is InChI=1S/C5H13B4NO7.C5H15BNO3/c1-10(2,3)4-5-12-7-15-8-13-6(11)14-9(16-7)17-8;1-7(2,3)4-5-10-6(8)9/h4-5H2,1-3H3;8-9H,4-5H2,1-3H3/q;+1. The van der Waals surface area contributed by atoms with Gasteiger partial charge in [0.05, 0.1) is 55.5 Å². The van der Waals surface area contributed by atoms with E-state index in [0.717, 1.165) is 22.1 Å². The molecule has 2 bridgehead atoms. The second kappa shape index (κ2) is 11.1. The Labute approximate surface area is 162 Å². The molecule has 0 saturated carbocycles. The average molecular weight is 390 g/mol. The van der Waals surface area contributed by atoms with Crippen LogP contribution in [0.1, 0.15) is 0 Å². The van der Waals surface area contributed by atoms with Gasteiger partial charge in [0, 0.05) is 0 Å². The molecule has 2 N–H and O–H groups in total. The van der Waals surface area contributed by atoms with Crippen LogP contribution in [-0.2, 0) is 32.2 Å². The van der Waals surface area contributed by atoms with Crippen LogP contribution in [0.4, 0.5) is 0 Å². The van der Waals surface area contributed by atoms with E-state index in [-0.39, 0.29) is 0 Å². The van der Waals surface area contributed by atoms with E-state index in [4.69, 9.17) is 28.4 Å². The van der Waals surface area contributed by atoms with E-state index in [1.165, 1.54) is 0 Å². The molecule has 2 saturated heterocycles. The molecule has 12 nitrogen and oxygen atoms in total. The number of likely N-dealkylation sites (N-methyl/N-ethyl adjacent to an activating group) is 2. The summed E-state index contributed by atoms with van der Waals surface area (Å²) in [5, 5.41) is 27.4.